The lowest BCUT2D eigenvalue weighted by atomic mass is 9.85. The number of fused-ring (bicyclic) bond motifs is 1. The van der Waals surface area contributed by atoms with E-state index in [0.29, 0.717) is 19.4 Å². The molecular formula is C23H29N3O3. The van der Waals surface area contributed by atoms with Crippen molar-refractivity contribution in [3.05, 3.63) is 42.0 Å². The predicted octanol–water partition coefficient (Wildman–Crippen LogP) is 2.63. The Bertz CT molecular complexity index is 770. The zero-order valence-corrected chi connectivity index (χ0v) is 16.8. The average molecular weight is 396 g/mol. The zero-order valence-electron chi connectivity index (χ0n) is 16.8. The van der Waals surface area contributed by atoms with Gasteiger partial charge >= 0.3 is 0 Å². The van der Waals surface area contributed by atoms with Crippen LogP contribution in [0.25, 0.3) is 0 Å². The van der Waals surface area contributed by atoms with Gasteiger partial charge in [-0.15, -0.1) is 0 Å². The SMILES string of the molecule is O=C(CCN1C(=O)[C@H]2CC=CC[C@H]2C1=O)NCc1ccc(N2CCCCC2)cc1. The highest BCUT2D eigenvalue weighted by atomic mass is 16.2. The molecule has 154 valence electrons. The Morgan fingerprint density at radius 2 is 1.55 bits per heavy atom. The van der Waals surface area contributed by atoms with Crippen LogP contribution in [-0.4, -0.2) is 42.3 Å². The smallest absolute Gasteiger partial charge is 0.233 e. The highest BCUT2D eigenvalue weighted by Gasteiger charge is 2.46. The number of likely N-dealkylation sites (tertiary alicyclic amines) is 1. The van der Waals surface area contributed by atoms with Crippen LogP contribution in [0.15, 0.2) is 36.4 Å². The third-order valence-corrected chi connectivity index (χ3v) is 6.31. The van der Waals surface area contributed by atoms with Gasteiger partial charge in [-0.25, -0.2) is 0 Å². The maximum atomic E-state index is 12.4. The molecule has 0 aromatic heterocycles. The quantitative estimate of drug-likeness (QED) is 0.594. The molecule has 2 heterocycles. The van der Waals surface area contributed by atoms with Gasteiger partial charge in [-0.1, -0.05) is 24.3 Å². The Balaban J connectivity index is 1.23. The molecule has 6 heteroatoms. The van der Waals surface area contributed by atoms with Crippen LogP contribution in [0.4, 0.5) is 5.69 Å². The maximum absolute atomic E-state index is 12.4. The number of allylic oxidation sites excluding steroid dienone is 2. The standard InChI is InChI=1S/C23H29N3O3/c27-21(12-15-26-22(28)19-6-2-3-7-20(19)23(26)29)24-16-17-8-10-18(11-9-17)25-13-4-1-5-14-25/h2-3,8-11,19-20H,1,4-7,12-16H2,(H,24,27)/t19-,20+. The Hall–Kier alpha value is -2.63. The first kappa shape index (κ1) is 19.7. The summed E-state index contributed by atoms with van der Waals surface area (Å²) in [5, 5.41) is 2.90. The van der Waals surface area contributed by atoms with E-state index in [-0.39, 0.29) is 42.5 Å². The number of hydrogen-bond acceptors (Lipinski definition) is 4. The Morgan fingerprint density at radius 1 is 0.931 bits per heavy atom. The molecule has 0 radical (unpaired) electrons. The van der Waals surface area contributed by atoms with Gasteiger partial charge in [-0.3, -0.25) is 19.3 Å². The molecule has 1 aliphatic carbocycles. The molecule has 0 saturated carbocycles. The van der Waals surface area contributed by atoms with Gasteiger partial charge < -0.3 is 10.2 Å². The Labute approximate surface area is 171 Å². The van der Waals surface area contributed by atoms with Crippen LogP contribution in [0, 0.1) is 11.8 Å². The summed E-state index contributed by atoms with van der Waals surface area (Å²) >= 11 is 0. The van der Waals surface area contributed by atoms with E-state index in [1.54, 1.807) is 0 Å². The summed E-state index contributed by atoms with van der Waals surface area (Å²) in [5.74, 6) is -0.836. The normalized spacial score (nSPS) is 24.0. The predicted molar refractivity (Wildman–Crippen MR) is 111 cm³/mol. The van der Waals surface area contributed by atoms with Gasteiger partial charge in [0.2, 0.25) is 17.7 Å². The van der Waals surface area contributed by atoms with Crippen molar-refractivity contribution in [2.45, 2.75) is 45.1 Å². The molecule has 2 fully saturated rings. The number of benzene rings is 1. The van der Waals surface area contributed by atoms with Crippen molar-refractivity contribution >= 4 is 23.4 Å². The lowest BCUT2D eigenvalue weighted by molar-refractivity contribution is -0.140. The molecule has 4 rings (SSSR count). The largest absolute Gasteiger partial charge is 0.372 e. The van der Waals surface area contributed by atoms with Gasteiger partial charge in [0, 0.05) is 38.3 Å². The van der Waals surface area contributed by atoms with E-state index in [1.807, 2.05) is 12.2 Å². The highest BCUT2D eigenvalue weighted by molar-refractivity contribution is 6.05. The number of piperidine rings is 1. The van der Waals surface area contributed by atoms with Crippen molar-refractivity contribution in [3.8, 4) is 0 Å². The molecule has 1 aromatic rings. The van der Waals surface area contributed by atoms with Crippen molar-refractivity contribution in [1.29, 1.82) is 0 Å². The zero-order chi connectivity index (χ0) is 20.2. The van der Waals surface area contributed by atoms with Crippen LogP contribution in [0.5, 0.6) is 0 Å². The van der Waals surface area contributed by atoms with Crippen molar-refractivity contribution in [2.24, 2.45) is 11.8 Å². The van der Waals surface area contributed by atoms with Crippen molar-refractivity contribution in [3.63, 3.8) is 0 Å². The number of imide groups is 1. The summed E-state index contributed by atoms with van der Waals surface area (Å²) in [5.41, 5.74) is 2.28. The highest BCUT2D eigenvalue weighted by Crippen LogP contribution is 2.35. The topological polar surface area (TPSA) is 69.7 Å². The van der Waals surface area contributed by atoms with E-state index in [4.69, 9.17) is 0 Å². The molecule has 0 bridgehead atoms. The molecule has 2 atom stereocenters. The average Bonchev–Trinajstić information content (AvgIpc) is 3.02. The second-order valence-corrected chi connectivity index (χ2v) is 8.22. The van der Waals surface area contributed by atoms with E-state index in [1.165, 1.54) is 29.8 Å². The molecule has 3 amide bonds. The number of anilines is 1. The van der Waals surface area contributed by atoms with Gasteiger partial charge in [0.15, 0.2) is 0 Å². The fraction of sp³-hybridized carbons (Fsp3) is 0.522. The summed E-state index contributed by atoms with van der Waals surface area (Å²) < 4.78 is 0. The molecule has 1 N–H and O–H groups in total. The first-order chi connectivity index (χ1) is 14.1. The minimum Gasteiger partial charge on any atom is -0.372 e. The molecule has 6 nitrogen and oxygen atoms in total. The van der Waals surface area contributed by atoms with Crippen LogP contribution >= 0.6 is 0 Å². The summed E-state index contributed by atoms with van der Waals surface area (Å²) in [4.78, 5) is 40.8. The van der Waals surface area contributed by atoms with Crippen LogP contribution in [0.1, 0.15) is 44.1 Å². The number of nitrogens with one attached hydrogen (secondary N) is 1. The third kappa shape index (κ3) is 4.36. The Morgan fingerprint density at radius 3 is 2.17 bits per heavy atom. The summed E-state index contributed by atoms with van der Waals surface area (Å²) in [7, 11) is 0. The number of carbonyl (C=O) groups excluding carboxylic acids is 3. The first-order valence-electron chi connectivity index (χ1n) is 10.7. The number of nitrogens with zero attached hydrogens (tertiary/aromatic N) is 2. The van der Waals surface area contributed by atoms with Gasteiger partial charge in [-0.05, 0) is 49.8 Å². The molecule has 1 aromatic carbocycles. The molecule has 0 spiro atoms. The van der Waals surface area contributed by atoms with Crippen LogP contribution in [0.3, 0.4) is 0 Å². The lowest BCUT2D eigenvalue weighted by Gasteiger charge is -2.28. The molecule has 3 aliphatic rings. The second-order valence-electron chi connectivity index (χ2n) is 8.22. The molecule has 2 saturated heterocycles. The van der Waals surface area contributed by atoms with Crippen LogP contribution in [0.2, 0.25) is 0 Å². The minimum atomic E-state index is -0.228. The Kier molecular flexibility index (Phi) is 5.97. The number of amides is 3. The summed E-state index contributed by atoms with van der Waals surface area (Å²) in [6.07, 6.45) is 9.16. The number of carbonyl (C=O) groups is 3. The van der Waals surface area contributed by atoms with Gasteiger partial charge in [0.25, 0.3) is 0 Å². The van der Waals surface area contributed by atoms with Crippen LogP contribution < -0.4 is 10.2 Å². The fourth-order valence-corrected chi connectivity index (χ4v) is 4.57. The minimum absolute atomic E-state index is 0.120. The van der Waals surface area contributed by atoms with Gasteiger partial charge in [0.05, 0.1) is 11.8 Å². The summed E-state index contributed by atoms with van der Waals surface area (Å²) in [6.45, 7) is 2.85. The number of rotatable bonds is 6. The van der Waals surface area contributed by atoms with Gasteiger partial charge in [-0.2, -0.15) is 0 Å². The first-order valence-corrected chi connectivity index (χ1v) is 10.7. The van der Waals surface area contributed by atoms with E-state index in [9.17, 15) is 14.4 Å². The monoisotopic (exact) mass is 395 g/mol. The van der Waals surface area contributed by atoms with Gasteiger partial charge in [0.1, 0.15) is 0 Å². The maximum Gasteiger partial charge on any atom is 0.233 e. The van der Waals surface area contributed by atoms with E-state index < -0.39 is 0 Å². The van der Waals surface area contributed by atoms with Crippen LogP contribution in [-0.2, 0) is 20.9 Å². The van der Waals surface area contributed by atoms with Crippen molar-refractivity contribution in [1.82, 2.24) is 10.2 Å². The fourth-order valence-electron chi connectivity index (χ4n) is 4.57. The number of hydrogen-bond donors (Lipinski definition) is 1. The van der Waals surface area contributed by atoms with E-state index in [0.717, 1.165) is 18.7 Å². The molecule has 0 unspecified atom stereocenters. The molecule has 29 heavy (non-hydrogen) atoms. The van der Waals surface area contributed by atoms with Crippen molar-refractivity contribution < 1.29 is 14.4 Å². The second kappa shape index (κ2) is 8.80. The lowest BCUT2D eigenvalue weighted by Crippen LogP contribution is -2.35. The van der Waals surface area contributed by atoms with E-state index >= 15 is 0 Å². The van der Waals surface area contributed by atoms with Crippen molar-refractivity contribution in [2.75, 3.05) is 24.5 Å². The molecule has 2 aliphatic heterocycles. The van der Waals surface area contributed by atoms with E-state index in [2.05, 4.69) is 34.5 Å². The third-order valence-electron chi connectivity index (χ3n) is 6.31. The molecular weight excluding hydrogens is 366 g/mol. The summed E-state index contributed by atoms with van der Waals surface area (Å²) in [6, 6.07) is 8.33.